The third kappa shape index (κ3) is 3.23. The van der Waals surface area contributed by atoms with E-state index >= 15 is 0 Å². The van der Waals surface area contributed by atoms with Crippen molar-refractivity contribution in [3.63, 3.8) is 0 Å². The molecule has 1 aliphatic rings. The van der Waals surface area contributed by atoms with Gasteiger partial charge < -0.3 is 9.47 Å². The molecule has 4 nitrogen and oxygen atoms in total. The minimum Gasteiger partial charge on any atom is -0.492 e. The molecule has 0 aromatic heterocycles. The highest BCUT2D eigenvalue weighted by Gasteiger charge is 2.21. The minimum absolute atomic E-state index is 0.0109. The molecular formula is C20H18O4. The molecule has 2 aromatic rings. The Morgan fingerprint density at radius 2 is 1.92 bits per heavy atom. The topological polar surface area (TPSA) is 52.6 Å². The van der Waals surface area contributed by atoms with E-state index in [-0.39, 0.29) is 11.8 Å². The molecule has 2 aromatic carbocycles. The van der Waals surface area contributed by atoms with Gasteiger partial charge in [0.25, 0.3) is 0 Å². The smallest absolute Gasteiger partial charge is 0.337 e. The molecule has 0 saturated heterocycles. The van der Waals surface area contributed by atoms with Crippen LogP contribution in [-0.2, 0) is 4.74 Å². The predicted octanol–water partition coefficient (Wildman–Crippen LogP) is 3.83. The van der Waals surface area contributed by atoms with E-state index in [0.717, 1.165) is 11.1 Å². The van der Waals surface area contributed by atoms with Crippen molar-refractivity contribution >= 4 is 17.8 Å². The summed E-state index contributed by atoms with van der Waals surface area (Å²) in [6.45, 7) is 2.42. The van der Waals surface area contributed by atoms with Gasteiger partial charge >= 0.3 is 5.97 Å². The molecule has 0 fully saturated rings. The van der Waals surface area contributed by atoms with E-state index in [1.807, 2.05) is 31.2 Å². The van der Waals surface area contributed by atoms with Crippen LogP contribution in [0.2, 0.25) is 0 Å². The van der Waals surface area contributed by atoms with Crippen LogP contribution in [0.4, 0.5) is 0 Å². The summed E-state index contributed by atoms with van der Waals surface area (Å²) in [5, 5.41) is 0. The lowest BCUT2D eigenvalue weighted by molar-refractivity contribution is 0.0600. The zero-order chi connectivity index (χ0) is 17.1. The molecule has 24 heavy (non-hydrogen) atoms. The fourth-order valence-corrected chi connectivity index (χ4v) is 2.68. The number of aryl methyl sites for hydroxylation is 1. The molecule has 0 aliphatic carbocycles. The monoisotopic (exact) mass is 322 g/mol. The van der Waals surface area contributed by atoms with Crippen molar-refractivity contribution in [1.82, 2.24) is 0 Å². The van der Waals surface area contributed by atoms with Gasteiger partial charge in [-0.2, -0.15) is 0 Å². The molecule has 0 amide bonds. The Bertz CT molecular complexity index is 816. The van der Waals surface area contributed by atoms with Crippen LogP contribution in [0.3, 0.4) is 0 Å². The van der Waals surface area contributed by atoms with Gasteiger partial charge in [-0.05, 0) is 42.8 Å². The number of Topliss-reactive ketones (excluding diaryl/α,β-unsaturated/α-hetero) is 1. The number of esters is 1. The van der Waals surface area contributed by atoms with Crippen LogP contribution in [0.1, 0.15) is 38.3 Å². The maximum absolute atomic E-state index is 12.8. The fourth-order valence-electron chi connectivity index (χ4n) is 2.68. The quantitative estimate of drug-likeness (QED) is 0.623. The van der Waals surface area contributed by atoms with Crippen LogP contribution in [0, 0.1) is 6.92 Å². The van der Waals surface area contributed by atoms with E-state index in [2.05, 4.69) is 4.74 Å². The van der Waals surface area contributed by atoms with Gasteiger partial charge in [-0.1, -0.05) is 23.8 Å². The molecule has 0 N–H and O–H groups in total. The fraction of sp³-hybridized carbons (Fsp3) is 0.200. The number of hydrogen-bond acceptors (Lipinski definition) is 4. The second-order valence-corrected chi connectivity index (χ2v) is 5.71. The van der Waals surface area contributed by atoms with Crippen molar-refractivity contribution in [1.29, 1.82) is 0 Å². The summed E-state index contributed by atoms with van der Waals surface area (Å²) in [6.07, 6.45) is 2.40. The van der Waals surface area contributed by atoms with Crippen molar-refractivity contribution in [2.24, 2.45) is 0 Å². The molecule has 3 rings (SSSR count). The first kappa shape index (κ1) is 16.0. The molecule has 0 radical (unpaired) electrons. The van der Waals surface area contributed by atoms with Crippen molar-refractivity contribution in [2.45, 2.75) is 13.3 Å². The molecule has 1 aliphatic heterocycles. The molecular weight excluding hydrogens is 304 g/mol. The summed E-state index contributed by atoms with van der Waals surface area (Å²) in [4.78, 5) is 24.3. The molecule has 4 heteroatoms. The standard InChI is InChI=1S/C20H18O4/c1-13-3-8-18-17(11-13)19(21)16(9-10-24-18)12-14-4-6-15(7-5-14)20(22)23-2/h3-8,11-12H,9-10H2,1-2H3/b16-12+. The molecule has 0 spiro atoms. The summed E-state index contributed by atoms with van der Waals surface area (Å²) in [5.74, 6) is 0.246. The van der Waals surface area contributed by atoms with Gasteiger partial charge in [-0.15, -0.1) is 0 Å². The zero-order valence-corrected chi connectivity index (χ0v) is 13.7. The first-order valence-corrected chi connectivity index (χ1v) is 7.75. The number of carbonyl (C=O) groups is 2. The Kier molecular flexibility index (Phi) is 4.47. The Morgan fingerprint density at radius 1 is 1.17 bits per heavy atom. The Hall–Kier alpha value is -2.88. The van der Waals surface area contributed by atoms with Crippen molar-refractivity contribution in [2.75, 3.05) is 13.7 Å². The summed E-state index contributed by atoms with van der Waals surface area (Å²) in [5.41, 5.74) is 3.67. The highest BCUT2D eigenvalue weighted by Crippen LogP contribution is 2.28. The second-order valence-electron chi connectivity index (χ2n) is 5.71. The van der Waals surface area contributed by atoms with Gasteiger partial charge in [-0.25, -0.2) is 4.79 Å². The Morgan fingerprint density at radius 3 is 2.62 bits per heavy atom. The number of carbonyl (C=O) groups excluding carboxylic acids is 2. The van der Waals surface area contributed by atoms with E-state index < -0.39 is 0 Å². The number of ether oxygens (including phenoxy) is 2. The summed E-state index contributed by atoms with van der Waals surface area (Å²) >= 11 is 0. The molecule has 0 atom stereocenters. The molecule has 122 valence electrons. The van der Waals surface area contributed by atoms with E-state index in [1.54, 1.807) is 24.3 Å². The van der Waals surface area contributed by atoms with Crippen LogP contribution in [-0.4, -0.2) is 25.5 Å². The van der Waals surface area contributed by atoms with E-state index in [0.29, 0.717) is 35.5 Å². The zero-order valence-electron chi connectivity index (χ0n) is 13.7. The Balaban J connectivity index is 1.92. The van der Waals surface area contributed by atoms with Crippen molar-refractivity contribution in [3.8, 4) is 5.75 Å². The van der Waals surface area contributed by atoms with Crippen LogP contribution >= 0.6 is 0 Å². The minimum atomic E-state index is -0.377. The highest BCUT2D eigenvalue weighted by molar-refractivity contribution is 6.13. The first-order valence-electron chi connectivity index (χ1n) is 7.75. The number of hydrogen-bond donors (Lipinski definition) is 0. The molecule has 0 saturated carbocycles. The lowest BCUT2D eigenvalue weighted by atomic mass is 9.97. The number of fused-ring (bicyclic) bond motifs is 1. The normalized spacial score (nSPS) is 15.4. The highest BCUT2D eigenvalue weighted by atomic mass is 16.5. The predicted molar refractivity (Wildman–Crippen MR) is 91.4 cm³/mol. The second kappa shape index (κ2) is 6.71. The molecule has 0 bridgehead atoms. The molecule has 1 heterocycles. The van der Waals surface area contributed by atoms with Crippen LogP contribution < -0.4 is 4.74 Å². The third-order valence-electron chi connectivity index (χ3n) is 3.97. The maximum Gasteiger partial charge on any atom is 0.337 e. The number of ketones is 1. The number of rotatable bonds is 2. The first-order chi connectivity index (χ1) is 11.6. The molecule has 0 unspecified atom stereocenters. The van der Waals surface area contributed by atoms with E-state index in [9.17, 15) is 9.59 Å². The van der Waals surface area contributed by atoms with Gasteiger partial charge in [0.2, 0.25) is 0 Å². The van der Waals surface area contributed by atoms with Gasteiger partial charge in [-0.3, -0.25) is 4.79 Å². The summed E-state index contributed by atoms with van der Waals surface area (Å²) in [6, 6.07) is 12.6. The number of methoxy groups -OCH3 is 1. The third-order valence-corrected chi connectivity index (χ3v) is 3.97. The van der Waals surface area contributed by atoms with Crippen LogP contribution in [0.15, 0.2) is 48.0 Å². The van der Waals surface area contributed by atoms with Gasteiger partial charge in [0.1, 0.15) is 5.75 Å². The SMILES string of the molecule is COC(=O)c1ccc(/C=C2\CCOc3ccc(C)cc3C2=O)cc1. The largest absolute Gasteiger partial charge is 0.492 e. The average molecular weight is 322 g/mol. The van der Waals surface area contributed by atoms with E-state index in [4.69, 9.17) is 4.74 Å². The van der Waals surface area contributed by atoms with Crippen molar-refractivity contribution in [3.05, 3.63) is 70.3 Å². The average Bonchev–Trinajstić information content (AvgIpc) is 2.75. The number of benzene rings is 2. The Labute approximate surface area is 140 Å². The lowest BCUT2D eigenvalue weighted by Crippen LogP contribution is -2.03. The lowest BCUT2D eigenvalue weighted by Gasteiger charge is -2.06. The van der Waals surface area contributed by atoms with Crippen LogP contribution in [0.5, 0.6) is 5.75 Å². The van der Waals surface area contributed by atoms with Crippen molar-refractivity contribution < 1.29 is 19.1 Å². The van der Waals surface area contributed by atoms with Crippen LogP contribution in [0.25, 0.3) is 6.08 Å². The van der Waals surface area contributed by atoms with E-state index in [1.165, 1.54) is 7.11 Å². The van der Waals surface area contributed by atoms with Gasteiger partial charge in [0.05, 0.1) is 24.8 Å². The maximum atomic E-state index is 12.8. The summed E-state index contributed by atoms with van der Waals surface area (Å²) in [7, 11) is 1.35. The van der Waals surface area contributed by atoms with Gasteiger partial charge in [0, 0.05) is 12.0 Å². The summed E-state index contributed by atoms with van der Waals surface area (Å²) < 4.78 is 10.4. The van der Waals surface area contributed by atoms with Gasteiger partial charge in [0.15, 0.2) is 5.78 Å².